The highest BCUT2D eigenvalue weighted by atomic mass is 35.5. The number of pyridine rings is 1. The third-order valence-corrected chi connectivity index (χ3v) is 3.48. The first-order valence-corrected chi connectivity index (χ1v) is 7.05. The first-order chi connectivity index (χ1) is 10.1. The van der Waals surface area contributed by atoms with Crippen molar-refractivity contribution < 1.29 is 4.74 Å². The molecule has 0 saturated carbocycles. The Labute approximate surface area is 132 Å². The van der Waals surface area contributed by atoms with Gasteiger partial charge in [-0.1, -0.05) is 42.0 Å². The normalized spacial score (nSPS) is 10.5. The van der Waals surface area contributed by atoms with Crippen molar-refractivity contribution in [3.05, 3.63) is 65.3 Å². The molecule has 0 fully saturated rings. The number of fused-ring (bicyclic) bond motifs is 1. The number of benzene rings is 2. The molecule has 0 spiro atoms. The number of nitrogens with two attached hydrogens (primary N) is 1. The predicted molar refractivity (Wildman–Crippen MR) is 89.2 cm³/mol. The van der Waals surface area contributed by atoms with Gasteiger partial charge in [0.25, 0.3) is 0 Å². The number of para-hydroxylation sites is 1. The number of hydrogen-bond donors (Lipinski definition) is 1. The van der Waals surface area contributed by atoms with Crippen molar-refractivity contribution in [3.8, 4) is 11.5 Å². The third-order valence-electron chi connectivity index (χ3n) is 3.02. The number of thiocarbonyl (C=S) groups is 1. The van der Waals surface area contributed by atoms with Crippen molar-refractivity contribution in [2.45, 2.75) is 0 Å². The summed E-state index contributed by atoms with van der Waals surface area (Å²) in [7, 11) is 0. The van der Waals surface area contributed by atoms with E-state index < -0.39 is 0 Å². The standard InChI is InChI=1S/C16H11ClN2OS/c17-11-6-7-12(16(18)21)14(9-11)20-13-5-1-3-10-4-2-8-19-15(10)13/h1-9H,(H2,18,21). The van der Waals surface area contributed by atoms with Gasteiger partial charge in [0.05, 0.1) is 5.56 Å². The summed E-state index contributed by atoms with van der Waals surface area (Å²) >= 11 is 11.1. The Bertz CT molecular complexity index is 830. The van der Waals surface area contributed by atoms with Crippen LogP contribution in [-0.2, 0) is 0 Å². The fourth-order valence-corrected chi connectivity index (χ4v) is 2.39. The lowest BCUT2D eigenvalue weighted by atomic mass is 10.2. The van der Waals surface area contributed by atoms with Gasteiger partial charge in [0.15, 0.2) is 5.75 Å². The second-order valence-electron chi connectivity index (χ2n) is 4.44. The summed E-state index contributed by atoms with van der Waals surface area (Å²) in [5.41, 5.74) is 7.14. The SMILES string of the molecule is NC(=S)c1ccc(Cl)cc1Oc1cccc2cccnc12. The molecule has 2 N–H and O–H groups in total. The van der Waals surface area contributed by atoms with E-state index in [0.717, 1.165) is 10.9 Å². The van der Waals surface area contributed by atoms with E-state index in [1.807, 2.05) is 30.3 Å². The van der Waals surface area contributed by atoms with E-state index in [9.17, 15) is 0 Å². The van der Waals surface area contributed by atoms with Crippen LogP contribution in [0.3, 0.4) is 0 Å². The molecule has 0 aliphatic heterocycles. The molecular formula is C16H11ClN2OS. The molecule has 2 aromatic carbocycles. The Morgan fingerprint density at radius 2 is 1.90 bits per heavy atom. The van der Waals surface area contributed by atoms with Crippen molar-refractivity contribution in [1.82, 2.24) is 4.98 Å². The lowest BCUT2D eigenvalue weighted by Crippen LogP contribution is -2.10. The van der Waals surface area contributed by atoms with Gasteiger partial charge in [-0.05, 0) is 24.3 Å². The number of halogens is 1. The maximum absolute atomic E-state index is 6.03. The molecule has 0 aliphatic rings. The van der Waals surface area contributed by atoms with Gasteiger partial charge in [0.1, 0.15) is 16.3 Å². The quantitative estimate of drug-likeness (QED) is 0.732. The minimum Gasteiger partial charge on any atom is -0.454 e. The van der Waals surface area contributed by atoms with E-state index in [1.54, 1.807) is 24.4 Å². The molecule has 104 valence electrons. The summed E-state index contributed by atoms with van der Waals surface area (Å²) in [6, 6.07) is 14.7. The fourth-order valence-electron chi connectivity index (χ4n) is 2.06. The first kappa shape index (κ1) is 13.8. The number of rotatable bonds is 3. The van der Waals surface area contributed by atoms with Gasteiger partial charge >= 0.3 is 0 Å². The number of aromatic nitrogens is 1. The molecule has 0 saturated heterocycles. The van der Waals surface area contributed by atoms with E-state index in [-0.39, 0.29) is 4.99 Å². The van der Waals surface area contributed by atoms with Crippen molar-refractivity contribution in [3.63, 3.8) is 0 Å². The zero-order valence-electron chi connectivity index (χ0n) is 10.9. The third kappa shape index (κ3) is 2.82. The molecular weight excluding hydrogens is 304 g/mol. The summed E-state index contributed by atoms with van der Waals surface area (Å²) < 4.78 is 5.95. The lowest BCUT2D eigenvalue weighted by molar-refractivity contribution is 0.486. The van der Waals surface area contributed by atoms with Gasteiger partial charge in [-0.15, -0.1) is 0 Å². The van der Waals surface area contributed by atoms with Crippen LogP contribution < -0.4 is 10.5 Å². The van der Waals surface area contributed by atoms with Gasteiger partial charge in [0.2, 0.25) is 0 Å². The Hall–Kier alpha value is -2.17. The average Bonchev–Trinajstić information content (AvgIpc) is 2.47. The smallest absolute Gasteiger partial charge is 0.153 e. The van der Waals surface area contributed by atoms with Crippen molar-refractivity contribution in [2.24, 2.45) is 5.73 Å². The van der Waals surface area contributed by atoms with Crippen LogP contribution in [-0.4, -0.2) is 9.97 Å². The Morgan fingerprint density at radius 3 is 2.71 bits per heavy atom. The topological polar surface area (TPSA) is 48.1 Å². The van der Waals surface area contributed by atoms with Crippen molar-refractivity contribution >= 4 is 39.7 Å². The molecule has 3 nitrogen and oxygen atoms in total. The van der Waals surface area contributed by atoms with Crippen LogP contribution >= 0.6 is 23.8 Å². The Kier molecular flexibility index (Phi) is 3.73. The molecule has 0 aliphatic carbocycles. The summed E-state index contributed by atoms with van der Waals surface area (Å²) in [5, 5.41) is 1.55. The van der Waals surface area contributed by atoms with Crippen LogP contribution in [0, 0.1) is 0 Å². The van der Waals surface area contributed by atoms with Crippen LogP contribution in [0.2, 0.25) is 5.02 Å². The highest BCUT2D eigenvalue weighted by molar-refractivity contribution is 7.80. The highest BCUT2D eigenvalue weighted by Crippen LogP contribution is 2.32. The lowest BCUT2D eigenvalue weighted by Gasteiger charge is -2.12. The maximum Gasteiger partial charge on any atom is 0.153 e. The number of ether oxygens (including phenoxy) is 1. The summed E-state index contributed by atoms with van der Waals surface area (Å²) in [6.45, 7) is 0. The zero-order chi connectivity index (χ0) is 14.8. The molecule has 3 aromatic rings. The number of nitrogens with zero attached hydrogens (tertiary/aromatic N) is 1. The molecule has 1 heterocycles. The molecule has 0 bridgehead atoms. The van der Waals surface area contributed by atoms with Crippen LogP contribution in [0.4, 0.5) is 0 Å². The predicted octanol–water partition coefficient (Wildman–Crippen LogP) is 4.31. The maximum atomic E-state index is 6.03. The Morgan fingerprint density at radius 1 is 1.10 bits per heavy atom. The van der Waals surface area contributed by atoms with Gasteiger partial charge in [-0.2, -0.15) is 0 Å². The molecule has 0 atom stereocenters. The van der Waals surface area contributed by atoms with E-state index in [0.29, 0.717) is 22.1 Å². The minimum absolute atomic E-state index is 0.259. The summed E-state index contributed by atoms with van der Waals surface area (Å²) in [5.74, 6) is 1.15. The molecule has 3 rings (SSSR count). The fraction of sp³-hybridized carbons (Fsp3) is 0. The van der Waals surface area contributed by atoms with Gasteiger partial charge in [-0.25, -0.2) is 0 Å². The molecule has 21 heavy (non-hydrogen) atoms. The van der Waals surface area contributed by atoms with Gasteiger partial charge < -0.3 is 10.5 Å². The molecule has 0 unspecified atom stereocenters. The van der Waals surface area contributed by atoms with E-state index in [2.05, 4.69) is 4.98 Å². The van der Waals surface area contributed by atoms with Crippen LogP contribution in [0.25, 0.3) is 10.9 Å². The summed E-state index contributed by atoms with van der Waals surface area (Å²) in [6.07, 6.45) is 1.72. The first-order valence-electron chi connectivity index (χ1n) is 6.26. The zero-order valence-corrected chi connectivity index (χ0v) is 12.5. The van der Waals surface area contributed by atoms with E-state index >= 15 is 0 Å². The summed E-state index contributed by atoms with van der Waals surface area (Å²) in [4.78, 5) is 4.61. The second kappa shape index (κ2) is 5.68. The minimum atomic E-state index is 0.259. The second-order valence-corrected chi connectivity index (χ2v) is 5.31. The molecule has 1 aromatic heterocycles. The van der Waals surface area contributed by atoms with Gasteiger partial charge in [-0.3, -0.25) is 4.98 Å². The van der Waals surface area contributed by atoms with Crippen LogP contribution in [0.5, 0.6) is 11.5 Å². The van der Waals surface area contributed by atoms with Crippen LogP contribution in [0.1, 0.15) is 5.56 Å². The van der Waals surface area contributed by atoms with Crippen molar-refractivity contribution in [1.29, 1.82) is 0 Å². The largest absolute Gasteiger partial charge is 0.454 e. The van der Waals surface area contributed by atoms with E-state index in [1.165, 1.54) is 0 Å². The average molecular weight is 315 g/mol. The molecule has 5 heteroatoms. The van der Waals surface area contributed by atoms with Crippen LogP contribution in [0.15, 0.2) is 54.7 Å². The molecule has 0 radical (unpaired) electrons. The monoisotopic (exact) mass is 314 g/mol. The molecule has 0 amide bonds. The highest BCUT2D eigenvalue weighted by Gasteiger charge is 2.11. The number of hydrogen-bond acceptors (Lipinski definition) is 3. The Balaban J connectivity index is 2.11. The van der Waals surface area contributed by atoms with E-state index in [4.69, 9.17) is 34.3 Å². The van der Waals surface area contributed by atoms with Gasteiger partial charge in [0, 0.05) is 22.7 Å². The van der Waals surface area contributed by atoms with Crippen molar-refractivity contribution in [2.75, 3.05) is 0 Å².